The largest absolute Gasteiger partial charge is 0.489 e. The third-order valence-electron chi connectivity index (χ3n) is 4.45. The lowest BCUT2D eigenvalue weighted by atomic mass is 10.2. The molecule has 0 heterocycles. The van der Waals surface area contributed by atoms with E-state index in [4.69, 9.17) is 27.9 Å². The number of benzene rings is 3. The van der Waals surface area contributed by atoms with Crippen LogP contribution in [0.1, 0.15) is 16.7 Å². The number of ether oxygens (including phenoxy) is 1. The molecule has 12 heteroatoms. The van der Waals surface area contributed by atoms with Crippen LogP contribution < -0.4 is 15.5 Å². The lowest BCUT2D eigenvalue weighted by Gasteiger charge is -2.11. The van der Waals surface area contributed by atoms with E-state index in [1.54, 1.807) is 30.3 Å². The maximum atomic E-state index is 13.8. The number of nitrogens with zero attached hydrogens (tertiary/aromatic N) is 1. The Morgan fingerprint density at radius 2 is 1.69 bits per heavy atom. The summed E-state index contributed by atoms with van der Waals surface area (Å²) in [5.74, 6) is -2.56. The van der Waals surface area contributed by atoms with Crippen molar-refractivity contribution >= 4 is 46.9 Å². The van der Waals surface area contributed by atoms with Gasteiger partial charge < -0.3 is 10.1 Å². The lowest BCUT2D eigenvalue weighted by molar-refractivity contribution is -0.137. The minimum atomic E-state index is -4.65. The summed E-state index contributed by atoms with van der Waals surface area (Å²) < 4.78 is 57.8. The van der Waals surface area contributed by atoms with E-state index >= 15 is 0 Å². The number of hydrazone groups is 1. The van der Waals surface area contributed by atoms with E-state index in [1.165, 1.54) is 18.3 Å². The molecule has 3 aromatic carbocycles. The molecule has 2 amide bonds. The highest BCUT2D eigenvalue weighted by Gasteiger charge is 2.31. The SMILES string of the molecule is O=C(N/N=C/c1ccc(OCc2c(F)cccc2Cl)cc1)C(=O)Nc1cc(C(F)(F)F)ccc1Cl. The molecule has 2 N–H and O–H groups in total. The highest BCUT2D eigenvalue weighted by atomic mass is 35.5. The molecule has 0 aliphatic heterocycles. The van der Waals surface area contributed by atoms with Crippen LogP contribution in [0.5, 0.6) is 5.75 Å². The van der Waals surface area contributed by atoms with Crippen LogP contribution in [0.15, 0.2) is 65.8 Å². The normalized spacial score (nSPS) is 11.4. The molecule has 3 rings (SSSR count). The zero-order valence-electron chi connectivity index (χ0n) is 17.5. The maximum absolute atomic E-state index is 13.8. The first-order chi connectivity index (χ1) is 16.5. The average molecular weight is 528 g/mol. The predicted molar refractivity (Wildman–Crippen MR) is 123 cm³/mol. The Balaban J connectivity index is 1.53. The molecule has 0 spiro atoms. The van der Waals surface area contributed by atoms with Gasteiger partial charge in [-0.2, -0.15) is 18.3 Å². The van der Waals surface area contributed by atoms with Gasteiger partial charge in [-0.3, -0.25) is 9.59 Å². The summed E-state index contributed by atoms with van der Waals surface area (Å²) in [6.45, 7) is -0.0833. The summed E-state index contributed by atoms with van der Waals surface area (Å²) >= 11 is 11.7. The summed E-state index contributed by atoms with van der Waals surface area (Å²) in [6, 6.07) is 12.9. The Morgan fingerprint density at radius 3 is 2.34 bits per heavy atom. The monoisotopic (exact) mass is 527 g/mol. The highest BCUT2D eigenvalue weighted by molar-refractivity contribution is 6.41. The van der Waals surface area contributed by atoms with E-state index in [1.807, 2.05) is 10.7 Å². The van der Waals surface area contributed by atoms with Crippen LogP contribution in [-0.2, 0) is 22.4 Å². The van der Waals surface area contributed by atoms with Gasteiger partial charge in [0, 0.05) is 5.56 Å². The molecule has 0 bridgehead atoms. The maximum Gasteiger partial charge on any atom is 0.416 e. The Hall–Kier alpha value is -3.63. The Labute approximate surface area is 206 Å². The molecular weight excluding hydrogens is 513 g/mol. The van der Waals surface area contributed by atoms with Gasteiger partial charge in [-0.1, -0.05) is 29.3 Å². The van der Waals surface area contributed by atoms with Gasteiger partial charge in [-0.15, -0.1) is 0 Å². The molecule has 0 aliphatic rings. The van der Waals surface area contributed by atoms with Crippen molar-refractivity contribution in [1.29, 1.82) is 0 Å². The minimum Gasteiger partial charge on any atom is -0.489 e. The summed E-state index contributed by atoms with van der Waals surface area (Å²) in [7, 11) is 0. The number of halogens is 6. The molecule has 0 saturated carbocycles. The molecule has 0 unspecified atom stereocenters. The first-order valence-electron chi connectivity index (χ1n) is 9.71. The second-order valence-corrected chi connectivity index (χ2v) is 7.72. The van der Waals surface area contributed by atoms with Crippen LogP contribution >= 0.6 is 23.2 Å². The Morgan fingerprint density at radius 1 is 0.971 bits per heavy atom. The summed E-state index contributed by atoms with van der Waals surface area (Å²) in [5.41, 5.74) is 1.27. The number of alkyl halides is 3. The lowest BCUT2D eigenvalue weighted by Crippen LogP contribution is -2.32. The molecular formula is C23H15Cl2F4N3O3. The average Bonchev–Trinajstić information content (AvgIpc) is 2.80. The fourth-order valence-corrected chi connectivity index (χ4v) is 3.05. The highest BCUT2D eigenvalue weighted by Crippen LogP contribution is 2.33. The fourth-order valence-electron chi connectivity index (χ4n) is 2.67. The topological polar surface area (TPSA) is 79.8 Å². The van der Waals surface area contributed by atoms with Crippen LogP contribution in [0.2, 0.25) is 10.0 Å². The van der Waals surface area contributed by atoms with Gasteiger partial charge >= 0.3 is 18.0 Å². The summed E-state index contributed by atoms with van der Waals surface area (Å²) in [4.78, 5) is 23.9. The van der Waals surface area contributed by atoms with Crippen molar-refractivity contribution in [2.24, 2.45) is 5.10 Å². The molecule has 3 aromatic rings. The summed E-state index contributed by atoms with van der Waals surface area (Å²) in [6.07, 6.45) is -3.43. The fraction of sp³-hybridized carbons (Fsp3) is 0.0870. The van der Waals surface area contributed by atoms with Crippen molar-refractivity contribution in [3.63, 3.8) is 0 Å². The first-order valence-corrected chi connectivity index (χ1v) is 10.5. The molecule has 0 aromatic heterocycles. The van der Waals surface area contributed by atoms with E-state index in [9.17, 15) is 27.2 Å². The van der Waals surface area contributed by atoms with Crippen molar-refractivity contribution < 1.29 is 31.9 Å². The number of amides is 2. The van der Waals surface area contributed by atoms with Crippen LogP contribution in [0.3, 0.4) is 0 Å². The minimum absolute atomic E-state index is 0.0833. The van der Waals surface area contributed by atoms with Crippen LogP contribution in [0, 0.1) is 5.82 Å². The van der Waals surface area contributed by atoms with Crippen molar-refractivity contribution in [3.8, 4) is 5.75 Å². The second kappa shape index (κ2) is 11.2. The van der Waals surface area contributed by atoms with E-state index in [0.29, 0.717) is 17.4 Å². The molecule has 0 atom stereocenters. The molecule has 0 aliphatic carbocycles. The molecule has 0 radical (unpaired) electrons. The van der Waals surface area contributed by atoms with Crippen LogP contribution in [-0.4, -0.2) is 18.0 Å². The third kappa shape index (κ3) is 7.17. The van der Waals surface area contributed by atoms with E-state index in [-0.39, 0.29) is 27.9 Å². The number of carbonyl (C=O) groups is 2. The number of rotatable bonds is 6. The van der Waals surface area contributed by atoms with Gasteiger partial charge in [0.1, 0.15) is 18.2 Å². The number of hydrogen-bond donors (Lipinski definition) is 2. The van der Waals surface area contributed by atoms with Gasteiger partial charge in [-0.05, 0) is 60.2 Å². The van der Waals surface area contributed by atoms with E-state index in [2.05, 4.69) is 5.10 Å². The molecule has 35 heavy (non-hydrogen) atoms. The smallest absolute Gasteiger partial charge is 0.416 e. The standard InChI is InChI=1S/C23H15Cl2F4N3O3/c24-17-2-1-3-19(26)16(17)12-35-15-7-4-13(5-8-15)11-30-32-22(34)21(33)31-20-10-14(23(27,28)29)6-9-18(20)25/h1-11H,12H2,(H,31,33)(H,32,34)/b30-11+. The predicted octanol–water partition coefficient (Wildman–Crippen LogP) is 5.82. The molecule has 0 saturated heterocycles. The van der Waals surface area contributed by atoms with Gasteiger partial charge in [-0.25, -0.2) is 9.82 Å². The number of nitrogens with one attached hydrogen (secondary N) is 2. The van der Waals surface area contributed by atoms with Crippen LogP contribution in [0.25, 0.3) is 0 Å². The van der Waals surface area contributed by atoms with Crippen molar-refractivity contribution in [1.82, 2.24) is 5.43 Å². The summed E-state index contributed by atoms with van der Waals surface area (Å²) in [5, 5.41) is 5.69. The van der Waals surface area contributed by atoms with Gasteiger partial charge in [0.05, 0.1) is 27.5 Å². The quantitative estimate of drug-likeness (QED) is 0.183. The van der Waals surface area contributed by atoms with E-state index in [0.717, 1.165) is 12.1 Å². The Bertz CT molecular complexity index is 1250. The van der Waals surface area contributed by atoms with Crippen molar-refractivity contribution in [2.75, 3.05) is 5.32 Å². The molecule has 6 nitrogen and oxygen atoms in total. The number of carbonyl (C=O) groups excluding carboxylic acids is 2. The van der Waals surface area contributed by atoms with Crippen LogP contribution in [0.4, 0.5) is 23.2 Å². The molecule has 0 fully saturated rings. The third-order valence-corrected chi connectivity index (χ3v) is 5.14. The zero-order valence-corrected chi connectivity index (χ0v) is 19.0. The van der Waals surface area contributed by atoms with Crippen molar-refractivity contribution in [3.05, 3.63) is 93.2 Å². The Kier molecular flexibility index (Phi) is 8.31. The molecule has 182 valence electrons. The second-order valence-electron chi connectivity index (χ2n) is 6.90. The van der Waals surface area contributed by atoms with E-state index < -0.39 is 29.4 Å². The van der Waals surface area contributed by atoms with Gasteiger partial charge in [0.25, 0.3) is 0 Å². The van der Waals surface area contributed by atoms with Gasteiger partial charge in [0.15, 0.2) is 0 Å². The van der Waals surface area contributed by atoms with Crippen molar-refractivity contribution in [2.45, 2.75) is 12.8 Å². The zero-order chi connectivity index (χ0) is 25.6. The number of anilines is 1. The first kappa shape index (κ1) is 26.0. The number of hydrogen-bond acceptors (Lipinski definition) is 4. The van der Waals surface area contributed by atoms with Gasteiger partial charge in [0.2, 0.25) is 0 Å².